The van der Waals surface area contributed by atoms with Gasteiger partial charge in [0.25, 0.3) is 0 Å². The normalized spacial score (nSPS) is 17.4. The van der Waals surface area contributed by atoms with Gasteiger partial charge >= 0.3 is 0 Å². The first-order chi connectivity index (χ1) is 8.95. The highest BCUT2D eigenvalue weighted by atomic mass is 32.1. The van der Waals surface area contributed by atoms with Crippen LogP contribution in [0, 0.1) is 12.3 Å². The number of amides is 1. The lowest BCUT2D eigenvalue weighted by atomic mass is 9.84. The number of carbonyl (C=O) groups excluding carboxylic acids is 1. The van der Waals surface area contributed by atoms with E-state index in [1.54, 1.807) is 11.9 Å². The van der Waals surface area contributed by atoms with E-state index in [-0.39, 0.29) is 5.91 Å². The van der Waals surface area contributed by atoms with Crippen molar-refractivity contribution in [1.29, 1.82) is 0 Å². The molecule has 1 saturated carbocycles. The van der Waals surface area contributed by atoms with Gasteiger partial charge in [0.15, 0.2) is 0 Å². The van der Waals surface area contributed by atoms with Crippen molar-refractivity contribution in [3.63, 3.8) is 0 Å². The summed E-state index contributed by atoms with van der Waals surface area (Å²) in [5.41, 5.74) is 5.20. The van der Waals surface area contributed by atoms with Crippen LogP contribution in [0.2, 0.25) is 0 Å². The molecule has 19 heavy (non-hydrogen) atoms. The SMILES string of the molecule is Cc1ccc(CN(C)C(=O)C2(C(N)=S)CCCC2)o1. The van der Waals surface area contributed by atoms with Gasteiger partial charge in [-0.3, -0.25) is 4.79 Å². The number of nitrogens with two attached hydrogens (primary N) is 1. The molecule has 0 unspecified atom stereocenters. The third kappa shape index (κ3) is 2.66. The van der Waals surface area contributed by atoms with Crippen LogP contribution in [-0.4, -0.2) is 22.8 Å². The summed E-state index contributed by atoms with van der Waals surface area (Å²) in [6, 6.07) is 3.79. The van der Waals surface area contributed by atoms with E-state index in [0.717, 1.165) is 37.2 Å². The molecular weight excluding hydrogens is 260 g/mol. The first-order valence-electron chi connectivity index (χ1n) is 6.56. The summed E-state index contributed by atoms with van der Waals surface area (Å²) in [6.07, 6.45) is 3.55. The second-order valence-electron chi connectivity index (χ2n) is 5.33. The average molecular weight is 280 g/mol. The molecular formula is C14H20N2O2S. The summed E-state index contributed by atoms with van der Waals surface area (Å²) in [7, 11) is 1.78. The maximum absolute atomic E-state index is 12.6. The number of hydrogen-bond donors (Lipinski definition) is 1. The molecule has 4 nitrogen and oxygen atoms in total. The van der Waals surface area contributed by atoms with Gasteiger partial charge in [-0.1, -0.05) is 25.1 Å². The minimum Gasteiger partial charge on any atom is -0.464 e. The molecule has 5 heteroatoms. The summed E-state index contributed by atoms with van der Waals surface area (Å²) in [5.74, 6) is 1.65. The molecule has 1 aliphatic rings. The molecule has 0 atom stereocenters. The van der Waals surface area contributed by atoms with Crippen LogP contribution in [0.4, 0.5) is 0 Å². The highest BCUT2D eigenvalue weighted by Gasteiger charge is 2.45. The van der Waals surface area contributed by atoms with Gasteiger partial charge in [0, 0.05) is 7.05 Å². The molecule has 0 spiro atoms. The van der Waals surface area contributed by atoms with Crippen LogP contribution in [0.15, 0.2) is 16.5 Å². The highest BCUT2D eigenvalue weighted by molar-refractivity contribution is 7.80. The second-order valence-corrected chi connectivity index (χ2v) is 5.77. The zero-order valence-electron chi connectivity index (χ0n) is 11.4. The molecule has 0 radical (unpaired) electrons. The van der Waals surface area contributed by atoms with Crippen molar-refractivity contribution in [3.05, 3.63) is 23.7 Å². The van der Waals surface area contributed by atoms with E-state index in [4.69, 9.17) is 22.4 Å². The molecule has 0 bridgehead atoms. The number of carbonyl (C=O) groups is 1. The van der Waals surface area contributed by atoms with E-state index in [9.17, 15) is 4.79 Å². The first-order valence-corrected chi connectivity index (χ1v) is 6.97. The topological polar surface area (TPSA) is 59.5 Å². The van der Waals surface area contributed by atoms with E-state index >= 15 is 0 Å². The second kappa shape index (κ2) is 5.33. The van der Waals surface area contributed by atoms with Gasteiger partial charge in [0.2, 0.25) is 5.91 Å². The van der Waals surface area contributed by atoms with E-state index in [2.05, 4.69) is 0 Å². The molecule has 1 heterocycles. The van der Waals surface area contributed by atoms with E-state index in [1.807, 2.05) is 19.1 Å². The number of furan rings is 1. The minimum absolute atomic E-state index is 0.0200. The number of aryl methyl sites for hydroxylation is 1. The van der Waals surface area contributed by atoms with E-state index in [0.29, 0.717) is 11.5 Å². The zero-order valence-corrected chi connectivity index (χ0v) is 12.3. The summed E-state index contributed by atoms with van der Waals surface area (Å²) in [5, 5.41) is 0. The van der Waals surface area contributed by atoms with Crippen LogP contribution in [-0.2, 0) is 11.3 Å². The van der Waals surface area contributed by atoms with Gasteiger partial charge in [-0.05, 0) is 31.9 Å². The van der Waals surface area contributed by atoms with Crippen LogP contribution in [0.5, 0.6) is 0 Å². The number of hydrogen-bond acceptors (Lipinski definition) is 3. The predicted molar refractivity (Wildman–Crippen MR) is 77.6 cm³/mol. The van der Waals surface area contributed by atoms with Crippen molar-refractivity contribution >= 4 is 23.1 Å². The summed E-state index contributed by atoms with van der Waals surface area (Å²) < 4.78 is 5.50. The third-order valence-electron chi connectivity index (χ3n) is 3.87. The Kier molecular flexibility index (Phi) is 3.94. The monoisotopic (exact) mass is 280 g/mol. The highest BCUT2D eigenvalue weighted by Crippen LogP contribution is 2.40. The standard InChI is InChI=1S/C14H20N2O2S/c1-10-5-6-11(18-10)9-16(2)13(17)14(12(15)19)7-3-4-8-14/h5-6H,3-4,7-9H2,1-2H3,(H2,15,19). The average Bonchev–Trinajstić information content (AvgIpc) is 2.98. The molecule has 1 amide bonds. The molecule has 1 aromatic heterocycles. The van der Waals surface area contributed by atoms with Crippen molar-refractivity contribution in [1.82, 2.24) is 4.90 Å². The zero-order chi connectivity index (χ0) is 14.0. The lowest BCUT2D eigenvalue weighted by molar-refractivity contribution is -0.137. The number of thiocarbonyl (C=S) groups is 1. The number of nitrogens with zero attached hydrogens (tertiary/aromatic N) is 1. The Balaban J connectivity index is 2.11. The fourth-order valence-electron chi connectivity index (χ4n) is 2.79. The van der Waals surface area contributed by atoms with Crippen molar-refractivity contribution in [2.24, 2.45) is 11.1 Å². The molecule has 1 aliphatic carbocycles. The first kappa shape index (κ1) is 14.1. The Morgan fingerprint density at radius 3 is 2.58 bits per heavy atom. The quantitative estimate of drug-likeness (QED) is 0.860. The fourth-order valence-corrected chi connectivity index (χ4v) is 3.08. The molecule has 0 aliphatic heterocycles. The van der Waals surface area contributed by atoms with Crippen LogP contribution >= 0.6 is 12.2 Å². The fraction of sp³-hybridized carbons (Fsp3) is 0.571. The van der Waals surface area contributed by atoms with Gasteiger partial charge in [0.1, 0.15) is 11.5 Å². The van der Waals surface area contributed by atoms with Crippen molar-refractivity contribution in [2.75, 3.05) is 7.05 Å². The Bertz CT molecular complexity index is 489. The van der Waals surface area contributed by atoms with Crippen molar-refractivity contribution in [3.8, 4) is 0 Å². The molecule has 0 aromatic carbocycles. The minimum atomic E-state index is -0.633. The van der Waals surface area contributed by atoms with Crippen molar-refractivity contribution in [2.45, 2.75) is 39.2 Å². The molecule has 0 saturated heterocycles. The van der Waals surface area contributed by atoms with Gasteiger partial charge in [0.05, 0.1) is 16.9 Å². The maximum atomic E-state index is 12.6. The van der Waals surface area contributed by atoms with Gasteiger partial charge in [-0.2, -0.15) is 0 Å². The number of rotatable bonds is 4. The maximum Gasteiger partial charge on any atom is 0.235 e. The largest absolute Gasteiger partial charge is 0.464 e. The predicted octanol–water partition coefficient (Wildman–Crippen LogP) is 2.39. The molecule has 1 fully saturated rings. The van der Waals surface area contributed by atoms with Crippen molar-refractivity contribution < 1.29 is 9.21 Å². The van der Waals surface area contributed by atoms with Crippen LogP contribution in [0.1, 0.15) is 37.2 Å². The Labute approximate surface area is 118 Å². The molecule has 1 aromatic rings. The molecule has 2 N–H and O–H groups in total. The Morgan fingerprint density at radius 1 is 1.47 bits per heavy atom. The van der Waals surface area contributed by atoms with Gasteiger partial charge < -0.3 is 15.1 Å². The molecule has 2 rings (SSSR count). The smallest absolute Gasteiger partial charge is 0.235 e. The third-order valence-corrected chi connectivity index (χ3v) is 4.26. The summed E-state index contributed by atoms with van der Waals surface area (Å²) >= 11 is 5.14. The molecule has 104 valence electrons. The lowest BCUT2D eigenvalue weighted by Gasteiger charge is -2.31. The van der Waals surface area contributed by atoms with Crippen LogP contribution < -0.4 is 5.73 Å². The Hall–Kier alpha value is -1.36. The van der Waals surface area contributed by atoms with E-state index in [1.165, 1.54) is 0 Å². The Morgan fingerprint density at radius 2 is 2.11 bits per heavy atom. The van der Waals surface area contributed by atoms with Crippen LogP contribution in [0.3, 0.4) is 0 Å². The summed E-state index contributed by atoms with van der Waals surface area (Å²) in [6.45, 7) is 2.34. The van der Waals surface area contributed by atoms with Crippen LogP contribution in [0.25, 0.3) is 0 Å². The summed E-state index contributed by atoms with van der Waals surface area (Å²) in [4.78, 5) is 14.6. The lowest BCUT2D eigenvalue weighted by Crippen LogP contribution is -2.47. The van der Waals surface area contributed by atoms with Gasteiger partial charge in [-0.15, -0.1) is 0 Å². The van der Waals surface area contributed by atoms with Gasteiger partial charge in [-0.25, -0.2) is 0 Å². The van der Waals surface area contributed by atoms with E-state index < -0.39 is 5.41 Å².